The molecule has 0 unspecified atom stereocenters. The van der Waals surface area contributed by atoms with Crippen LogP contribution in [-0.4, -0.2) is 21.6 Å². The van der Waals surface area contributed by atoms with Crippen molar-refractivity contribution in [3.05, 3.63) is 72.3 Å². The van der Waals surface area contributed by atoms with Gasteiger partial charge in [-0.1, -0.05) is 54.3 Å². The highest BCUT2D eigenvalue weighted by Crippen LogP contribution is 2.30. The zero-order valence-corrected chi connectivity index (χ0v) is 15.8. The molecule has 0 aliphatic carbocycles. The third-order valence-corrected chi connectivity index (χ3v) is 5.40. The predicted octanol–water partition coefficient (Wildman–Crippen LogP) is 4.22. The van der Waals surface area contributed by atoms with Gasteiger partial charge in [0.2, 0.25) is 10.0 Å². The lowest BCUT2D eigenvalue weighted by molar-refractivity contribution is -0.137. The number of ether oxygens (including phenoxy) is 1. The van der Waals surface area contributed by atoms with Crippen molar-refractivity contribution in [1.29, 1.82) is 0 Å². The van der Waals surface area contributed by atoms with E-state index in [2.05, 4.69) is 16.6 Å². The maximum Gasteiger partial charge on any atom is 0.416 e. The zero-order chi connectivity index (χ0) is 20.9. The van der Waals surface area contributed by atoms with Crippen LogP contribution in [0.5, 0.6) is 5.75 Å². The van der Waals surface area contributed by atoms with Crippen LogP contribution >= 0.6 is 0 Å². The van der Waals surface area contributed by atoms with E-state index in [1.54, 1.807) is 6.07 Å². The minimum atomic E-state index is -4.62. The summed E-state index contributed by atoms with van der Waals surface area (Å²) in [5, 5.41) is 1.95. The van der Waals surface area contributed by atoms with Gasteiger partial charge < -0.3 is 4.74 Å². The molecule has 0 heterocycles. The van der Waals surface area contributed by atoms with Gasteiger partial charge in [-0.3, -0.25) is 0 Å². The first-order valence-electron chi connectivity index (χ1n) is 8.50. The van der Waals surface area contributed by atoms with Crippen molar-refractivity contribution in [3.63, 3.8) is 0 Å². The fourth-order valence-corrected chi connectivity index (χ4v) is 3.57. The SMILES string of the molecule is O=S(=O)(NCC#CCOc1cccc2ccccc12)c1cccc(C(F)(F)F)c1. The Labute approximate surface area is 166 Å². The molecule has 3 aromatic rings. The smallest absolute Gasteiger partial charge is 0.416 e. The van der Waals surface area contributed by atoms with Crippen molar-refractivity contribution in [2.24, 2.45) is 0 Å². The van der Waals surface area contributed by atoms with Crippen molar-refractivity contribution in [2.75, 3.05) is 13.2 Å². The quantitative estimate of drug-likeness (QED) is 0.630. The van der Waals surface area contributed by atoms with E-state index in [0.29, 0.717) is 11.8 Å². The van der Waals surface area contributed by atoms with Gasteiger partial charge >= 0.3 is 6.18 Å². The fourth-order valence-electron chi connectivity index (χ4n) is 2.60. The number of halogens is 3. The Hall–Kier alpha value is -3.02. The van der Waals surface area contributed by atoms with Crippen LogP contribution in [0.1, 0.15) is 5.56 Å². The van der Waals surface area contributed by atoms with E-state index in [-0.39, 0.29) is 13.2 Å². The fraction of sp³-hybridized carbons (Fsp3) is 0.143. The van der Waals surface area contributed by atoms with Crippen LogP contribution < -0.4 is 9.46 Å². The molecule has 0 bridgehead atoms. The molecule has 0 fully saturated rings. The Morgan fingerprint density at radius 3 is 2.45 bits per heavy atom. The van der Waals surface area contributed by atoms with Gasteiger partial charge in [-0.2, -0.15) is 17.9 Å². The van der Waals surface area contributed by atoms with E-state index >= 15 is 0 Å². The molecular weight excluding hydrogens is 403 g/mol. The second kappa shape index (κ2) is 8.55. The normalized spacial score (nSPS) is 11.7. The highest BCUT2D eigenvalue weighted by molar-refractivity contribution is 7.89. The van der Waals surface area contributed by atoms with Gasteiger partial charge in [0.15, 0.2) is 0 Å². The van der Waals surface area contributed by atoms with Gasteiger partial charge in [0.1, 0.15) is 12.4 Å². The molecule has 0 aromatic heterocycles. The molecule has 0 amide bonds. The molecule has 8 heteroatoms. The number of rotatable bonds is 5. The van der Waals surface area contributed by atoms with Crippen LogP contribution in [0.15, 0.2) is 71.6 Å². The Kier molecular flexibility index (Phi) is 6.11. The molecule has 150 valence electrons. The van der Waals surface area contributed by atoms with Crippen LogP contribution in [0.3, 0.4) is 0 Å². The van der Waals surface area contributed by atoms with Crippen molar-refractivity contribution in [2.45, 2.75) is 11.1 Å². The summed E-state index contributed by atoms with van der Waals surface area (Å²) in [5.41, 5.74) is -1.03. The van der Waals surface area contributed by atoms with E-state index in [1.807, 2.05) is 36.4 Å². The average molecular weight is 419 g/mol. The number of nitrogens with one attached hydrogen (secondary N) is 1. The molecule has 0 atom stereocenters. The summed E-state index contributed by atoms with van der Waals surface area (Å²) in [7, 11) is -4.10. The lowest BCUT2D eigenvalue weighted by Crippen LogP contribution is -2.24. The monoisotopic (exact) mass is 419 g/mol. The number of benzene rings is 3. The van der Waals surface area contributed by atoms with E-state index in [0.717, 1.165) is 29.0 Å². The summed E-state index contributed by atoms with van der Waals surface area (Å²) in [6.45, 7) is -0.212. The standard InChI is InChI=1S/C21H16F3NO3S/c22-21(23,24)17-9-6-10-18(15-17)29(26,27)25-13-3-4-14-28-20-12-5-8-16-7-1-2-11-19(16)20/h1-2,5-12,15,25H,13-14H2. The van der Waals surface area contributed by atoms with Crippen LogP contribution in [0, 0.1) is 11.8 Å². The number of fused-ring (bicyclic) bond motifs is 1. The van der Waals surface area contributed by atoms with E-state index in [1.165, 1.54) is 0 Å². The van der Waals surface area contributed by atoms with Crippen molar-refractivity contribution < 1.29 is 26.3 Å². The first-order chi connectivity index (χ1) is 13.8. The second-order valence-electron chi connectivity index (χ2n) is 5.97. The molecule has 0 saturated heterocycles. The van der Waals surface area contributed by atoms with Crippen LogP contribution in [-0.2, 0) is 16.2 Å². The number of hydrogen-bond donors (Lipinski definition) is 1. The highest BCUT2D eigenvalue weighted by Gasteiger charge is 2.31. The molecule has 0 aliphatic heterocycles. The van der Waals surface area contributed by atoms with Crippen LogP contribution in [0.2, 0.25) is 0 Å². The third kappa shape index (κ3) is 5.28. The van der Waals surface area contributed by atoms with Crippen molar-refractivity contribution in [3.8, 4) is 17.6 Å². The number of hydrogen-bond acceptors (Lipinski definition) is 3. The topological polar surface area (TPSA) is 55.4 Å². The third-order valence-electron chi connectivity index (χ3n) is 4.00. The summed E-state index contributed by atoms with van der Waals surface area (Å²) in [6.07, 6.45) is -4.62. The van der Waals surface area contributed by atoms with Gasteiger partial charge in [0, 0.05) is 5.39 Å². The Morgan fingerprint density at radius 2 is 1.66 bits per heavy atom. The first-order valence-corrected chi connectivity index (χ1v) is 9.99. The van der Waals surface area contributed by atoms with Gasteiger partial charge in [-0.25, -0.2) is 8.42 Å². The molecule has 4 nitrogen and oxygen atoms in total. The molecule has 29 heavy (non-hydrogen) atoms. The molecule has 0 aliphatic rings. The molecule has 3 aromatic carbocycles. The van der Waals surface area contributed by atoms with Gasteiger partial charge in [0.25, 0.3) is 0 Å². The maximum atomic E-state index is 12.7. The Balaban J connectivity index is 1.58. The number of alkyl halides is 3. The maximum absolute atomic E-state index is 12.7. The average Bonchev–Trinajstić information content (AvgIpc) is 2.70. The second-order valence-corrected chi connectivity index (χ2v) is 7.74. The summed E-state index contributed by atoms with van der Waals surface area (Å²) in [6, 6.07) is 16.8. The first kappa shape index (κ1) is 20.7. The van der Waals surface area contributed by atoms with E-state index in [9.17, 15) is 21.6 Å². The van der Waals surface area contributed by atoms with E-state index in [4.69, 9.17) is 4.74 Å². The molecule has 0 saturated carbocycles. The van der Waals surface area contributed by atoms with Gasteiger partial charge in [-0.05, 0) is 29.7 Å². The van der Waals surface area contributed by atoms with E-state index < -0.39 is 26.7 Å². The summed E-state index contributed by atoms with van der Waals surface area (Å²) in [5.74, 6) is 5.92. The summed E-state index contributed by atoms with van der Waals surface area (Å²) >= 11 is 0. The minimum Gasteiger partial charge on any atom is -0.480 e. The molecule has 0 spiro atoms. The Bertz CT molecular complexity index is 1170. The molecule has 3 rings (SSSR count). The lowest BCUT2D eigenvalue weighted by atomic mass is 10.1. The number of sulfonamides is 1. The van der Waals surface area contributed by atoms with Crippen molar-refractivity contribution in [1.82, 2.24) is 4.72 Å². The largest absolute Gasteiger partial charge is 0.480 e. The van der Waals surface area contributed by atoms with Gasteiger partial charge in [0.05, 0.1) is 17.0 Å². The summed E-state index contributed by atoms with van der Waals surface area (Å²) < 4.78 is 70.2. The zero-order valence-electron chi connectivity index (χ0n) is 15.0. The molecular formula is C21H16F3NO3S. The molecule has 1 N–H and O–H groups in total. The minimum absolute atomic E-state index is 0.0410. The highest BCUT2D eigenvalue weighted by atomic mass is 32.2. The Morgan fingerprint density at radius 1 is 0.931 bits per heavy atom. The predicted molar refractivity (Wildman–Crippen MR) is 104 cm³/mol. The van der Waals surface area contributed by atoms with Crippen LogP contribution in [0.4, 0.5) is 13.2 Å². The molecule has 0 radical (unpaired) electrons. The lowest BCUT2D eigenvalue weighted by Gasteiger charge is -2.09. The van der Waals surface area contributed by atoms with Crippen molar-refractivity contribution >= 4 is 20.8 Å². The summed E-state index contributed by atoms with van der Waals surface area (Å²) in [4.78, 5) is -0.471. The van der Waals surface area contributed by atoms with Crippen LogP contribution in [0.25, 0.3) is 10.8 Å². The van der Waals surface area contributed by atoms with Gasteiger partial charge in [-0.15, -0.1) is 0 Å².